The van der Waals surface area contributed by atoms with E-state index in [0.29, 0.717) is 24.6 Å². The first kappa shape index (κ1) is 17.2. The number of urea groups is 1. The molecule has 0 heterocycles. The first-order valence-corrected chi connectivity index (χ1v) is 6.18. The predicted molar refractivity (Wildman–Crippen MR) is 69.3 cm³/mol. The van der Waals surface area contributed by atoms with Gasteiger partial charge in [-0.1, -0.05) is 6.92 Å². The molecule has 0 radical (unpaired) electrons. The number of nitrogens with one attached hydrogen (secondary N) is 2. The summed E-state index contributed by atoms with van der Waals surface area (Å²) in [5.74, 6) is -0.986. The molecule has 1 rings (SSSR count). The van der Waals surface area contributed by atoms with Crippen LogP contribution in [0.15, 0.2) is 18.2 Å². The fraction of sp³-hybridized carbons (Fsp3) is 0.462. The second-order valence-electron chi connectivity index (χ2n) is 4.84. The second kappa shape index (κ2) is 6.30. The summed E-state index contributed by atoms with van der Waals surface area (Å²) in [4.78, 5) is 11.7. The third kappa shape index (κ3) is 4.59. The number of carbonyl (C=O) groups excluding carboxylic acids is 1. The van der Waals surface area contributed by atoms with E-state index in [2.05, 4.69) is 5.32 Å². The molecule has 0 saturated carbocycles. The lowest BCUT2D eigenvalue weighted by atomic mass is 10.0. The van der Waals surface area contributed by atoms with Gasteiger partial charge in [-0.25, -0.2) is 9.18 Å². The van der Waals surface area contributed by atoms with Gasteiger partial charge in [0.1, 0.15) is 5.82 Å². The number of amides is 2. The summed E-state index contributed by atoms with van der Waals surface area (Å²) in [6.07, 6.45) is -4.24. The maximum Gasteiger partial charge on any atom is 0.416 e. The third-order valence-corrected chi connectivity index (χ3v) is 3.09. The zero-order valence-corrected chi connectivity index (χ0v) is 11.5. The number of benzene rings is 1. The Morgan fingerprint density at radius 2 is 1.95 bits per heavy atom. The maximum absolute atomic E-state index is 13.5. The molecule has 0 bridgehead atoms. The van der Waals surface area contributed by atoms with Crippen LogP contribution in [-0.2, 0) is 6.18 Å². The Hall–Kier alpha value is -1.83. The monoisotopic (exact) mass is 308 g/mol. The average Bonchev–Trinajstić information content (AvgIpc) is 2.39. The largest absolute Gasteiger partial charge is 0.416 e. The number of aliphatic hydroxyl groups excluding tert-OH is 1. The van der Waals surface area contributed by atoms with Gasteiger partial charge in [-0.15, -0.1) is 0 Å². The van der Waals surface area contributed by atoms with Crippen molar-refractivity contribution in [3.63, 3.8) is 0 Å². The lowest BCUT2D eigenvalue weighted by molar-refractivity contribution is -0.137. The molecule has 0 aliphatic rings. The second-order valence-corrected chi connectivity index (χ2v) is 4.84. The molecular formula is C13H16F4N2O2. The van der Waals surface area contributed by atoms with Crippen LogP contribution in [0, 0.1) is 5.82 Å². The van der Waals surface area contributed by atoms with Crippen LogP contribution < -0.4 is 10.6 Å². The highest BCUT2D eigenvalue weighted by atomic mass is 19.4. The standard InChI is InChI=1S/C13H16F4N2O2/c1-3-12(2,7-20)19-11(21)18-10-6-8(13(15,16)17)4-5-9(10)14/h4-6,20H,3,7H2,1-2H3,(H2,18,19,21). The molecule has 21 heavy (non-hydrogen) atoms. The van der Waals surface area contributed by atoms with Gasteiger partial charge >= 0.3 is 12.2 Å². The third-order valence-electron chi connectivity index (χ3n) is 3.09. The molecule has 0 saturated heterocycles. The molecule has 0 fully saturated rings. The Morgan fingerprint density at radius 3 is 2.43 bits per heavy atom. The molecule has 8 heteroatoms. The van der Waals surface area contributed by atoms with Crippen molar-refractivity contribution in [2.24, 2.45) is 0 Å². The summed E-state index contributed by atoms with van der Waals surface area (Å²) in [7, 11) is 0. The van der Waals surface area contributed by atoms with Crippen molar-refractivity contribution in [3.8, 4) is 0 Å². The molecule has 1 atom stereocenters. The summed E-state index contributed by atoms with van der Waals surface area (Å²) < 4.78 is 51.1. The van der Waals surface area contributed by atoms with E-state index in [1.54, 1.807) is 13.8 Å². The summed E-state index contributed by atoms with van der Waals surface area (Å²) in [5, 5.41) is 13.5. The van der Waals surface area contributed by atoms with Crippen LogP contribution >= 0.6 is 0 Å². The van der Waals surface area contributed by atoms with Crippen LogP contribution in [-0.4, -0.2) is 23.3 Å². The molecule has 0 aliphatic carbocycles. The van der Waals surface area contributed by atoms with Gasteiger partial charge in [0, 0.05) is 0 Å². The van der Waals surface area contributed by atoms with E-state index in [1.165, 1.54) is 0 Å². The average molecular weight is 308 g/mol. The fourth-order valence-electron chi connectivity index (χ4n) is 1.46. The molecule has 3 N–H and O–H groups in total. The summed E-state index contributed by atoms with van der Waals surface area (Å²) in [6.45, 7) is 2.90. The van der Waals surface area contributed by atoms with Gasteiger partial charge in [0.2, 0.25) is 0 Å². The van der Waals surface area contributed by atoms with Gasteiger partial charge < -0.3 is 15.7 Å². The highest BCUT2D eigenvalue weighted by molar-refractivity contribution is 5.90. The van der Waals surface area contributed by atoms with Crippen LogP contribution in [0.25, 0.3) is 0 Å². The molecule has 0 spiro atoms. The van der Waals surface area contributed by atoms with Gasteiger partial charge in [-0.2, -0.15) is 13.2 Å². The quantitative estimate of drug-likeness (QED) is 0.748. The van der Waals surface area contributed by atoms with E-state index in [1.807, 2.05) is 5.32 Å². The molecule has 4 nitrogen and oxygen atoms in total. The van der Waals surface area contributed by atoms with Crippen molar-refractivity contribution in [1.29, 1.82) is 0 Å². The summed E-state index contributed by atoms with van der Waals surface area (Å²) in [5.41, 5.74) is -2.60. The van der Waals surface area contributed by atoms with Crippen LogP contribution in [0.3, 0.4) is 0 Å². The van der Waals surface area contributed by atoms with Crippen molar-refractivity contribution < 1.29 is 27.5 Å². The van der Waals surface area contributed by atoms with Crippen molar-refractivity contribution >= 4 is 11.7 Å². The van der Waals surface area contributed by atoms with Gasteiger partial charge in [-0.05, 0) is 31.5 Å². The first-order chi connectivity index (χ1) is 9.61. The lowest BCUT2D eigenvalue weighted by Crippen LogP contribution is -2.50. The first-order valence-electron chi connectivity index (χ1n) is 6.18. The van der Waals surface area contributed by atoms with E-state index >= 15 is 0 Å². The van der Waals surface area contributed by atoms with Gasteiger partial charge in [0.25, 0.3) is 0 Å². The summed E-state index contributed by atoms with van der Waals surface area (Å²) in [6, 6.07) is 0.828. The molecule has 1 unspecified atom stereocenters. The Balaban J connectivity index is 2.90. The van der Waals surface area contributed by atoms with Crippen molar-refractivity contribution in [2.75, 3.05) is 11.9 Å². The van der Waals surface area contributed by atoms with E-state index in [-0.39, 0.29) is 6.61 Å². The van der Waals surface area contributed by atoms with E-state index in [4.69, 9.17) is 5.11 Å². The number of anilines is 1. The minimum atomic E-state index is -4.64. The van der Waals surface area contributed by atoms with Crippen molar-refractivity contribution in [1.82, 2.24) is 5.32 Å². The Labute approximate surface area is 119 Å². The molecule has 1 aromatic rings. The number of alkyl halides is 3. The number of halogens is 4. The molecule has 1 aromatic carbocycles. The van der Waals surface area contributed by atoms with Crippen LogP contribution in [0.5, 0.6) is 0 Å². The minimum Gasteiger partial charge on any atom is -0.394 e. The Kier molecular flexibility index (Phi) is 5.16. The highest BCUT2D eigenvalue weighted by Gasteiger charge is 2.31. The zero-order chi connectivity index (χ0) is 16.3. The highest BCUT2D eigenvalue weighted by Crippen LogP contribution is 2.31. The van der Waals surface area contributed by atoms with Gasteiger partial charge in [0.05, 0.1) is 23.4 Å². The SMILES string of the molecule is CCC(C)(CO)NC(=O)Nc1cc(C(F)(F)F)ccc1F. The van der Waals surface area contributed by atoms with Crippen molar-refractivity contribution in [2.45, 2.75) is 32.0 Å². The Morgan fingerprint density at radius 1 is 1.33 bits per heavy atom. The number of hydrogen-bond acceptors (Lipinski definition) is 2. The topological polar surface area (TPSA) is 61.4 Å². The molecule has 118 valence electrons. The van der Waals surface area contributed by atoms with E-state index in [0.717, 1.165) is 0 Å². The predicted octanol–water partition coefficient (Wildman–Crippen LogP) is 3.13. The van der Waals surface area contributed by atoms with Gasteiger partial charge in [-0.3, -0.25) is 0 Å². The number of hydrogen-bond donors (Lipinski definition) is 3. The molecule has 2 amide bonds. The smallest absolute Gasteiger partial charge is 0.394 e. The number of rotatable bonds is 4. The molecule has 0 aliphatic heterocycles. The van der Waals surface area contributed by atoms with Crippen LogP contribution in [0.2, 0.25) is 0 Å². The summed E-state index contributed by atoms with van der Waals surface area (Å²) >= 11 is 0. The minimum absolute atomic E-state index is 0.359. The molecule has 0 aromatic heterocycles. The number of carbonyl (C=O) groups is 1. The fourth-order valence-corrected chi connectivity index (χ4v) is 1.46. The van der Waals surface area contributed by atoms with Crippen LogP contribution in [0.4, 0.5) is 28.0 Å². The maximum atomic E-state index is 13.5. The van der Waals surface area contributed by atoms with Gasteiger partial charge in [0.15, 0.2) is 0 Å². The molecular weight excluding hydrogens is 292 g/mol. The number of aliphatic hydroxyl groups is 1. The Bertz CT molecular complexity index is 513. The lowest BCUT2D eigenvalue weighted by Gasteiger charge is -2.27. The van der Waals surface area contributed by atoms with Crippen molar-refractivity contribution in [3.05, 3.63) is 29.6 Å². The van der Waals surface area contributed by atoms with E-state index < -0.39 is 34.8 Å². The van der Waals surface area contributed by atoms with Crippen LogP contribution in [0.1, 0.15) is 25.8 Å². The zero-order valence-electron chi connectivity index (χ0n) is 11.5. The van der Waals surface area contributed by atoms with E-state index in [9.17, 15) is 22.4 Å². The normalized spacial score (nSPS) is 14.4.